The molecule has 0 spiro atoms. The van der Waals surface area contributed by atoms with Gasteiger partial charge in [-0.05, 0) is 43.2 Å². The number of carbonyl (C=O) groups excluding carboxylic acids is 1. The van der Waals surface area contributed by atoms with E-state index in [1.807, 2.05) is 18.3 Å². The first kappa shape index (κ1) is 23.4. The van der Waals surface area contributed by atoms with Crippen LogP contribution in [0.5, 0.6) is 0 Å². The summed E-state index contributed by atoms with van der Waals surface area (Å²) in [6.45, 7) is 4.38. The van der Waals surface area contributed by atoms with Gasteiger partial charge in [-0.15, -0.1) is 37.2 Å². The summed E-state index contributed by atoms with van der Waals surface area (Å²) in [4.78, 5) is 21.7. The minimum absolute atomic E-state index is 0. The van der Waals surface area contributed by atoms with Crippen LogP contribution in [0.25, 0.3) is 0 Å². The molecule has 2 saturated carbocycles. The lowest BCUT2D eigenvalue weighted by atomic mass is 9.84. The zero-order valence-electron chi connectivity index (χ0n) is 14.8. The van der Waals surface area contributed by atoms with Gasteiger partial charge in [-0.25, -0.2) is 0 Å². The summed E-state index contributed by atoms with van der Waals surface area (Å²) in [5.74, 6) is 1.56. The molecule has 4 unspecified atom stereocenters. The Kier molecular flexibility index (Phi) is 9.10. The van der Waals surface area contributed by atoms with E-state index in [4.69, 9.17) is 5.73 Å². The summed E-state index contributed by atoms with van der Waals surface area (Å²) in [5, 5.41) is 0. The highest BCUT2D eigenvalue weighted by atomic mass is 35.5. The maximum absolute atomic E-state index is 12.9. The fraction of sp³-hybridized carbons (Fsp3) is 0.667. The molecule has 0 aromatic carbocycles. The minimum Gasteiger partial charge on any atom is -0.340 e. The topological polar surface area (TPSA) is 62.5 Å². The maximum atomic E-state index is 12.9. The molecule has 5 nitrogen and oxygen atoms in total. The molecular formula is C18H29Cl3N4O. The van der Waals surface area contributed by atoms with Gasteiger partial charge in [0.25, 0.3) is 0 Å². The minimum atomic E-state index is 0. The van der Waals surface area contributed by atoms with Crippen LogP contribution >= 0.6 is 37.2 Å². The van der Waals surface area contributed by atoms with E-state index in [0.717, 1.165) is 38.4 Å². The molecule has 4 atom stereocenters. The van der Waals surface area contributed by atoms with E-state index >= 15 is 0 Å². The summed E-state index contributed by atoms with van der Waals surface area (Å²) in [5.41, 5.74) is 7.43. The third kappa shape index (κ3) is 4.63. The quantitative estimate of drug-likeness (QED) is 0.810. The molecule has 4 rings (SSSR count). The molecule has 3 aliphatic rings. The van der Waals surface area contributed by atoms with Crippen LogP contribution in [-0.4, -0.2) is 52.9 Å². The third-order valence-electron chi connectivity index (χ3n) is 6.06. The Labute approximate surface area is 174 Å². The molecule has 8 heteroatoms. The number of halogens is 3. The molecule has 1 aromatic rings. The summed E-state index contributed by atoms with van der Waals surface area (Å²) in [7, 11) is 0. The predicted molar refractivity (Wildman–Crippen MR) is 110 cm³/mol. The highest BCUT2D eigenvalue weighted by Crippen LogP contribution is 2.48. The number of carbonyl (C=O) groups is 1. The Hall–Kier alpha value is -0.590. The number of piperazine rings is 1. The van der Waals surface area contributed by atoms with E-state index in [9.17, 15) is 4.79 Å². The summed E-state index contributed by atoms with van der Waals surface area (Å²) in [6.07, 6.45) is 5.45. The normalized spacial score (nSPS) is 30.1. The highest BCUT2D eigenvalue weighted by Gasteiger charge is 2.50. The number of aromatic nitrogens is 1. The highest BCUT2D eigenvalue weighted by molar-refractivity contribution is 5.86. The van der Waals surface area contributed by atoms with E-state index in [1.165, 1.54) is 19.3 Å². The lowest BCUT2D eigenvalue weighted by molar-refractivity contribution is -0.139. The van der Waals surface area contributed by atoms with Gasteiger partial charge >= 0.3 is 0 Å². The Morgan fingerprint density at radius 1 is 1.08 bits per heavy atom. The van der Waals surface area contributed by atoms with Crippen LogP contribution in [0.1, 0.15) is 25.0 Å². The van der Waals surface area contributed by atoms with Crippen LogP contribution in [0.15, 0.2) is 24.4 Å². The summed E-state index contributed by atoms with van der Waals surface area (Å²) in [6, 6.07) is 6.14. The molecule has 0 radical (unpaired) electrons. The number of rotatable bonds is 3. The van der Waals surface area contributed by atoms with Crippen molar-refractivity contribution in [2.24, 2.45) is 23.5 Å². The van der Waals surface area contributed by atoms with Crippen molar-refractivity contribution in [3.8, 4) is 0 Å². The first-order chi connectivity index (χ1) is 11.2. The fourth-order valence-electron chi connectivity index (χ4n) is 4.76. The standard InChI is InChI=1S/C18H26N4O.3ClH/c19-17-14-5-4-13(11-14)16(17)18(23)22-9-7-21(8-10-22)12-15-3-1-2-6-20-15;;;/h1-3,6,13-14,16-17H,4-5,7-12,19H2;3*1H. The van der Waals surface area contributed by atoms with Crippen LogP contribution in [0.3, 0.4) is 0 Å². The molecule has 2 N–H and O–H groups in total. The number of hydrogen-bond acceptors (Lipinski definition) is 4. The molecule has 2 heterocycles. The van der Waals surface area contributed by atoms with Crippen molar-refractivity contribution < 1.29 is 4.79 Å². The smallest absolute Gasteiger partial charge is 0.227 e. The van der Waals surface area contributed by atoms with Crippen LogP contribution in [0.4, 0.5) is 0 Å². The van der Waals surface area contributed by atoms with Gasteiger partial charge in [-0.2, -0.15) is 0 Å². The van der Waals surface area contributed by atoms with Gasteiger partial charge in [-0.3, -0.25) is 14.7 Å². The van der Waals surface area contributed by atoms with Gasteiger partial charge in [0.05, 0.1) is 11.6 Å². The molecule has 2 bridgehead atoms. The molecule has 3 fully saturated rings. The van der Waals surface area contributed by atoms with Crippen molar-refractivity contribution in [1.82, 2.24) is 14.8 Å². The first-order valence-corrected chi connectivity index (χ1v) is 8.89. The van der Waals surface area contributed by atoms with Gasteiger partial charge in [0.2, 0.25) is 5.91 Å². The van der Waals surface area contributed by atoms with Gasteiger partial charge < -0.3 is 10.6 Å². The molecule has 1 aliphatic heterocycles. The average Bonchev–Trinajstić information content (AvgIpc) is 3.17. The third-order valence-corrected chi connectivity index (χ3v) is 6.06. The van der Waals surface area contributed by atoms with Crippen molar-refractivity contribution in [2.45, 2.75) is 31.8 Å². The number of hydrogen-bond donors (Lipinski definition) is 1. The first-order valence-electron chi connectivity index (χ1n) is 8.89. The average molecular weight is 424 g/mol. The van der Waals surface area contributed by atoms with Crippen LogP contribution in [0, 0.1) is 17.8 Å². The van der Waals surface area contributed by atoms with Crippen LogP contribution in [0.2, 0.25) is 0 Å². The molecule has 26 heavy (non-hydrogen) atoms. The van der Waals surface area contributed by atoms with Crippen molar-refractivity contribution in [1.29, 1.82) is 0 Å². The molecule has 1 saturated heterocycles. The molecule has 1 amide bonds. The van der Waals surface area contributed by atoms with Crippen molar-refractivity contribution in [3.05, 3.63) is 30.1 Å². The molecular weight excluding hydrogens is 395 g/mol. The zero-order chi connectivity index (χ0) is 15.8. The Bertz CT molecular complexity index is 567. The van der Waals surface area contributed by atoms with Crippen LogP contribution < -0.4 is 5.73 Å². The number of nitrogens with zero attached hydrogens (tertiary/aromatic N) is 3. The molecule has 2 aliphatic carbocycles. The second-order valence-electron chi connectivity index (χ2n) is 7.36. The maximum Gasteiger partial charge on any atom is 0.227 e. The van der Waals surface area contributed by atoms with Gasteiger partial charge in [0, 0.05) is 45.0 Å². The second kappa shape index (κ2) is 10.1. The van der Waals surface area contributed by atoms with Crippen molar-refractivity contribution >= 4 is 43.1 Å². The Morgan fingerprint density at radius 2 is 1.77 bits per heavy atom. The Morgan fingerprint density at radius 3 is 2.35 bits per heavy atom. The fourth-order valence-corrected chi connectivity index (χ4v) is 4.76. The number of amides is 1. The second-order valence-corrected chi connectivity index (χ2v) is 7.36. The van der Waals surface area contributed by atoms with E-state index < -0.39 is 0 Å². The number of fused-ring (bicyclic) bond motifs is 2. The van der Waals surface area contributed by atoms with E-state index in [-0.39, 0.29) is 49.2 Å². The SMILES string of the molecule is Cl.Cl.Cl.NC1C2CCC(C2)C1C(=O)N1CCN(Cc2ccccn2)CC1. The number of pyridine rings is 1. The monoisotopic (exact) mass is 422 g/mol. The summed E-state index contributed by atoms with van der Waals surface area (Å²) >= 11 is 0. The van der Waals surface area contributed by atoms with Crippen molar-refractivity contribution in [2.75, 3.05) is 26.2 Å². The zero-order valence-corrected chi connectivity index (χ0v) is 17.3. The van der Waals surface area contributed by atoms with E-state index in [0.29, 0.717) is 17.7 Å². The lowest BCUT2D eigenvalue weighted by Crippen LogP contribution is -2.53. The number of nitrogens with two attached hydrogens (primary N) is 1. The molecule has 148 valence electrons. The Balaban J connectivity index is 0.00000113. The lowest BCUT2D eigenvalue weighted by Gasteiger charge is -2.38. The summed E-state index contributed by atoms with van der Waals surface area (Å²) < 4.78 is 0. The van der Waals surface area contributed by atoms with E-state index in [1.54, 1.807) is 0 Å². The van der Waals surface area contributed by atoms with Crippen LogP contribution in [-0.2, 0) is 11.3 Å². The van der Waals surface area contributed by atoms with Gasteiger partial charge in [-0.1, -0.05) is 6.07 Å². The van der Waals surface area contributed by atoms with E-state index in [2.05, 4.69) is 20.9 Å². The van der Waals surface area contributed by atoms with Gasteiger partial charge in [0.15, 0.2) is 0 Å². The predicted octanol–water partition coefficient (Wildman–Crippen LogP) is 2.36. The molecule has 1 aromatic heterocycles. The largest absolute Gasteiger partial charge is 0.340 e. The van der Waals surface area contributed by atoms with Crippen molar-refractivity contribution in [3.63, 3.8) is 0 Å². The van der Waals surface area contributed by atoms with Gasteiger partial charge in [0.1, 0.15) is 0 Å².